The lowest BCUT2D eigenvalue weighted by atomic mass is 10.1. The van der Waals surface area contributed by atoms with E-state index in [4.69, 9.17) is 9.47 Å². The predicted molar refractivity (Wildman–Crippen MR) is 77.8 cm³/mol. The van der Waals surface area contributed by atoms with Gasteiger partial charge < -0.3 is 14.4 Å². The number of carbonyl (C=O) groups is 1. The van der Waals surface area contributed by atoms with Crippen LogP contribution in [0.3, 0.4) is 0 Å². The van der Waals surface area contributed by atoms with E-state index in [1.165, 1.54) is 0 Å². The summed E-state index contributed by atoms with van der Waals surface area (Å²) in [4.78, 5) is 13.5. The Bertz CT molecular complexity index is 579. The fourth-order valence-corrected chi connectivity index (χ4v) is 2.26. The van der Waals surface area contributed by atoms with E-state index in [2.05, 4.69) is 0 Å². The number of amides is 1. The Labute approximate surface area is 133 Å². The largest absolute Gasteiger partial charge is 0.487 e. The third-order valence-electron chi connectivity index (χ3n) is 3.36. The number of hydrogen-bond acceptors (Lipinski definition) is 3. The number of carbonyl (C=O) groups excluding carboxylic acids is 1. The summed E-state index contributed by atoms with van der Waals surface area (Å²) in [6.45, 7) is 6.14. The van der Waals surface area contributed by atoms with Gasteiger partial charge in [0.15, 0.2) is 23.2 Å². The standard InChI is InChI=1S/C16H20F3NO3/c1-16(2,3)23-15(21)20-6-4-10(5-7-20)22-14-9-12(18)11(17)8-13(14)19/h8-10H,4-7H2,1-3H3. The van der Waals surface area contributed by atoms with Gasteiger partial charge in [0.1, 0.15) is 11.7 Å². The van der Waals surface area contributed by atoms with Gasteiger partial charge in [0.05, 0.1) is 0 Å². The zero-order valence-electron chi connectivity index (χ0n) is 13.4. The molecule has 0 radical (unpaired) electrons. The van der Waals surface area contributed by atoms with Crippen molar-refractivity contribution in [3.05, 3.63) is 29.6 Å². The molecule has 1 aliphatic heterocycles. The second-order valence-corrected chi connectivity index (χ2v) is 6.48. The molecule has 7 heteroatoms. The fraction of sp³-hybridized carbons (Fsp3) is 0.562. The van der Waals surface area contributed by atoms with Crippen LogP contribution < -0.4 is 4.74 Å². The van der Waals surface area contributed by atoms with Gasteiger partial charge in [-0.15, -0.1) is 0 Å². The monoisotopic (exact) mass is 331 g/mol. The van der Waals surface area contributed by atoms with Gasteiger partial charge in [-0.3, -0.25) is 0 Å². The SMILES string of the molecule is CC(C)(C)OC(=O)N1CCC(Oc2cc(F)c(F)cc2F)CC1. The number of likely N-dealkylation sites (tertiary alicyclic amines) is 1. The number of ether oxygens (including phenoxy) is 2. The fourth-order valence-electron chi connectivity index (χ4n) is 2.26. The van der Waals surface area contributed by atoms with Crippen LogP contribution in [0, 0.1) is 17.5 Å². The van der Waals surface area contributed by atoms with Crippen molar-refractivity contribution in [3.63, 3.8) is 0 Å². The van der Waals surface area contributed by atoms with Crippen molar-refractivity contribution >= 4 is 6.09 Å². The van der Waals surface area contributed by atoms with E-state index in [1.54, 1.807) is 25.7 Å². The van der Waals surface area contributed by atoms with Gasteiger partial charge in [0, 0.05) is 38.1 Å². The molecule has 23 heavy (non-hydrogen) atoms. The smallest absolute Gasteiger partial charge is 0.410 e. The molecule has 1 heterocycles. The van der Waals surface area contributed by atoms with Crippen LogP contribution in [0.2, 0.25) is 0 Å². The quantitative estimate of drug-likeness (QED) is 0.772. The van der Waals surface area contributed by atoms with Crippen molar-refractivity contribution in [1.29, 1.82) is 0 Å². The summed E-state index contributed by atoms with van der Waals surface area (Å²) in [6.07, 6.45) is 0.137. The number of halogens is 3. The van der Waals surface area contributed by atoms with Gasteiger partial charge in [0.25, 0.3) is 0 Å². The van der Waals surface area contributed by atoms with Crippen molar-refractivity contribution in [1.82, 2.24) is 4.90 Å². The third kappa shape index (κ3) is 4.77. The highest BCUT2D eigenvalue weighted by Crippen LogP contribution is 2.25. The van der Waals surface area contributed by atoms with Crippen LogP contribution in [0.25, 0.3) is 0 Å². The van der Waals surface area contributed by atoms with E-state index in [0.717, 1.165) is 0 Å². The molecule has 0 aliphatic carbocycles. The second-order valence-electron chi connectivity index (χ2n) is 6.48. The van der Waals surface area contributed by atoms with E-state index in [-0.39, 0.29) is 11.9 Å². The molecule has 0 saturated carbocycles. The predicted octanol–water partition coefficient (Wildman–Crippen LogP) is 3.88. The first-order chi connectivity index (χ1) is 10.7. The molecule has 0 atom stereocenters. The van der Waals surface area contributed by atoms with E-state index < -0.39 is 29.1 Å². The van der Waals surface area contributed by atoms with Gasteiger partial charge in [0.2, 0.25) is 0 Å². The Morgan fingerprint density at radius 2 is 1.65 bits per heavy atom. The summed E-state index contributed by atoms with van der Waals surface area (Å²) in [5.41, 5.74) is -0.570. The van der Waals surface area contributed by atoms with E-state index in [0.29, 0.717) is 38.1 Å². The summed E-state index contributed by atoms with van der Waals surface area (Å²) in [5, 5.41) is 0. The Morgan fingerprint density at radius 1 is 1.09 bits per heavy atom. The lowest BCUT2D eigenvalue weighted by Gasteiger charge is -2.33. The molecule has 1 fully saturated rings. The summed E-state index contributed by atoms with van der Waals surface area (Å²) >= 11 is 0. The van der Waals surface area contributed by atoms with Crippen LogP contribution in [-0.4, -0.2) is 35.8 Å². The minimum atomic E-state index is -1.26. The third-order valence-corrected chi connectivity index (χ3v) is 3.36. The normalized spacial score (nSPS) is 16.3. The van der Waals surface area contributed by atoms with Crippen LogP contribution in [-0.2, 0) is 4.74 Å². The molecule has 1 aromatic rings. The molecule has 0 unspecified atom stereocenters. The van der Waals surface area contributed by atoms with Crippen LogP contribution in [0.5, 0.6) is 5.75 Å². The molecule has 0 aromatic heterocycles. The number of hydrogen-bond donors (Lipinski definition) is 0. The molecule has 0 spiro atoms. The van der Waals surface area contributed by atoms with Gasteiger partial charge in [-0.25, -0.2) is 18.0 Å². The lowest BCUT2D eigenvalue weighted by molar-refractivity contribution is 0.0123. The summed E-state index contributed by atoms with van der Waals surface area (Å²) in [5.74, 6) is -3.68. The van der Waals surface area contributed by atoms with Gasteiger partial charge in [-0.1, -0.05) is 0 Å². The van der Waals surface area contributed by atoms with E-state index >= 15 is 0 Å². The van der Waals surface area contributed by atoms with Crippen molar-refractivity contribution in [3.8, 4) is 5.75 Å². The van der Waals surface area contributed by atoms with Crippen LogP contribution in [0.15, 0.2) is 12.1 Å². The van der Waals surface area contributed by atoms with Gasteiger partial charge in [-0.05, 0) is 20.8 Å². The van der Waals surface area contributed by atoms with Crippen molar-refractivity contribution < 1.29 is 27.4 Å². The van der Waals surface area contributed by atoms with Gasteiger partial charge in [-0.2, -0.15) is 0 Å². The minimum Gasteiger partial charge on any atom is -0.487 e. The highest BCUT2D eigenvalue weighted by Gasteiger charge is 2.28. The summed E-state index contributed by atoms with van der Waals surface area (Å²) in [7, 11) is 0. The van der Waals surface area contributed by atoms with Crippen LogP contribution >= 0.6 is 0 Å². The molecule has 4 nitrogen and oxygen atoms in total. The highest BCUT2D eigenvalue weighted by atomic mass is 19.2. The maximum absolute atomic E-state index is 13.6. The zero-order chi connectivity index (χ0) is 17.2. The number of piperidine rings is 1. The molecular weight excluding hydrogens is 311 g/mol. The van der Waals surface area contributed by atoms with Crippen LogP contribution in [0.4, 0.5) is 18.0 Å². The van der Waals surface area contributed by atoms with Gasteiger partial charge >= 0.3 is 6.09 Å². The summed E-state index contributed by atoms with van der Waals surface area (Å²) in [6, 6.07) is 1.16. The number of benzene rings is 1. The lowest BCUT2D eigenvalue weighted by Crippen LogP contribution is -2.44. The Balaban J connectivity index is 1.90. The average Bonchev–Trinajstić information content (AvgIpc) is 2.43. The molecule has 128 valence electrons. The van der Waals surface area contributed by atoms with Crippen molar-refractivity contribution in [2.24, 2.45) is 0 Å². The second kappa shape index (κ2) is 6.68. The number of nitrogens with zero attached hydrogens (tertiary/aromatic N) is 1. The Kier molecular flexibility index (Phi) is 5.06. The minimum absolute atomic E-state index is 0.320. The molecule has 0 bridgehead atoms. The molecule has 1 aliphatic rings. The maximum atomic E-state index is 13.6. The number of rotatable bonds is 2. The summed E-state index contributed by atoms with van der Waals surface area (Å²) < 4.78 is 50.3. The zero-order valence-corrected chi connectivity index (χ0v) is 13.4. The van der Waals surface area contributed by atoms with Crippen molar-refractivity contribution in [2.45, 2.75) is 45.3 Å². The highest BCUT2D eigenvalue weighted by molar-refractivity contribution is 5.68. The molecular formula is C16H20F3NO3. The maximum Gasteiger partial charge on any atom is 0.410 e. The van der Waals surface area contributed by atoms with E-state index in [9.17, 15) is 18.0 Å². The molecule has 1 saturated heterocycles. The Morgan fingerprint density at radius 3 is 2.22 bits per heavy atom. The van der Waals surface area contributed by atoms with E-state index in [1.807, 2.05) is 0 Å². The average molecular weight is 331 g/mol. The molecule has 1 amide bonds. The Hall–Kier alpha value is -1.92. The first-order valence-corrected chi connectivity index (χ1v) is 7.45. The molecule has 2 rings (SSSR count). The first-order valence-electron chi connectivity index (χ1n) is 7.45. The molecule has 0 N–H and O–H groups in total. The topological polar surface area (TPSA) is 38.8 Å². The van der Waals surface area contributed by atoms with Crippen LogP contribution in [0.1, 0.15) is 33.6 Å². The molecule has 1 aromatic carbocycles. The van der Waals surface area contributed by atoms with Crippen molar-refractivity contribution in [2.75, 3.05) is 13.1 Å². The first kappa shape index (κ1) is 17.4.